The van der Waals surface area contributed by atoms with Crippen LogP contribution < -0.4 is 15.8 Å². The number of hydrogen-bond donors (Lipinski definition) is 3. The fraction of sp³-hybridized carbons (Fsp3) is 0.562. The highest BCUT2D eigenvalue weighted by atomic mass is 32.2. The van der Waals surface area contributed by atoms with Crippen LogP contribution in [-0.2, 0) is 32.8 Å². The van der Waals surface area contributed by atoms with Crippen LogP contribution >= 0.6 is 0 Å². The van der Waals surface area contributed by atoms with Gasteiger partial charge >= 0.3 is 0 Å². The number of unbranched alkanes of at least 4 members (excludes halogenated alkanes) is 1. The number of nitrogens with one attached hydrogen (secondary N) is 2. The van der Waals surface area contributed by atoms with Crippen molar-refractivity contribution in [2.75, 3.05) is 13.1 Å². The van der Waals surface area contributed by atoms with E-state index in [4.69, 9.17) is 10.5 Å². The van der Waals surface area contributed by atoms with Crippen molar-refractivity contribution in [3.63, 3.8) is 0 Å². The summed E-state index contributed by atoms with van der Waals surface area (Å²) in [6, 6.07) is 4.73. The van der Waals surface area contributed by atoms with Crippen LogP contribution in [0.25, 0.3) is 0 Å². The summed E-state index contributed by atoms with van der Waals surface area (Å²) in [7, 11) is -3.73. The molecule has 0 fully saturated rings. The fourth-order valence-corrected chi connectivity index (χ4v) is 3.57. The predicted octanol–water partition coefficient (Wildman–Crippen LogP) is 0.629. The number of rotatable bonds is 9. The summed E-state index contributed by atoms with van der Waals surface area (Å²) < 4.78 is 32.2. The molecule has 1 aliphatic rings. The molecule has 1 aliphatic heterocycles. The molecular weight excluding hydrogens is 330 g/mol. The predicted molar refractivity (Wildman–Crippen MR) is 90.6 cm³/mol. The molecule has 1 amide bonds. The zero-order valence-electron chi connectivity index (χ0n) is 13.9. The van der Waals surface area contributed by atoms with Gasteiger partial charge in [0, 0.05) is 12.6 Å². The highest BCUT2D eigenvalue weighted by Gasteiger charge is 2.20. The molecular formula is C16H25N3O4S. The quantitative estimate of drug-likeness (QED) is 0.602. The van der Waals surface area contributed by atoms with E-state index in [-0.39, 0.29) is 23.4 Å². The lowest BCUT2D eigenvalue weighted by atomic mass is 10.1. The molecule has 24 heavy (non-hydrogen) atoms. The van der Waals surface area contributed by atoms with Gasteiger partial charge in [-0.1, -0.05) is 25.8 Å². The minimum absolute atomic E-state index is 0.126. The van der Waals surface area contributed by atoms with E-state index in [0.29, 0.717) is 19.8 Å². The van der Waals surface area contributed by atoms with Gasteiger partial charge in [-0.25, -0.2) is 13.1 Å². The number of amides is 1. The van der Waals surface area contributed by atoms with E-state index in [1.807, 2.05) is 0 Å². The Hall–Kier alpha value is -1.48. The van der Waals surface area contributed by atoms with Crippen LogP contribution in [0.1, 0.15) is 37.3 Å². The van der Waals surface area contributed by atoms with Crippen LogP contribution in [0.15, 0.2) is 23.1 Å². The fourth-order valence-electron chi connectivity index (χ4n) is 2.54. The summed E-state index contributed by atoms with van der Waals surface area (Å²) in [6.45, 7) is 3.01. The topological polar surface area (TPSA) is 111 Å². The number of sulfonamides is 1. The second-order valence-electron chi connectivity index (χ2n) is 5.89. The lowest BCUT2D eigenvalue weighted by Crippen LogP contribution is -2.45. The summed E-state index contributed by atoms with van der Waals surface area (Å²) in [4.78, 5) is 12.1. The van der Waals surface area contributed by atoms with Crippen molar-refractivity contribution >= 4 is 15.9 Å². The molecule has 1 atom stereocenters. The zero-order chi connectivity index (χ0) is 17.6. The molecule has 0 aliphatic carbocycles. The highest BCUT2D eigenvalue weighted by Crippen LogP contribution is 2.22. The minimum atomic E-state index is -3.73. The molecule has 134 valence electrons. The first-order chi connectivity index (χ1) is 11.5. The lowest BCUT2D eigenvalue weighted by Gasteiger charge is -2.16. The van der Waals surface area contributed by atoms with E-state index in [9.17, 15) is 13.2 Å². The Balaban J connectivity index is 1.91. The summed E-state index contributed by atoms with van der Waals surface area (Å²) >= 11 is 0. The first-order valence-corrected chi connectivity index (χ1v) is 9.63. The van der Waals surface area contributed by atoms with Crippen LogP contribution in [0.5, 0.6) is 0 Å². The largest absolute Gasteiger partial charge is 0.372 e. The number of nitrogens with two attached hydrogens (primary N) is 1. The van der Waals surface area contributed by atoms with Gasteiger partial charge < -0.3 is 15.8 Å². The van der Waals surface area contributed by atoms with E-state index in [1.165, 1.54) is 6.07 Å². The maximum Gasteiger partial charge on any atom is 0.241 e. The summed E-state index contributed by atoms with van der Waals surface area (Å²) in [6.07, 6.45) is 2.77. The third-order valence-corrected chi connectivity index (χ3v) is 5.38. The number of ether oxygens (including phenoxy) is 1. The third-order valence-electron chi connectivity index (χ3n) is 3.98. The molecule has 0 saturated carbocycles. The first-order valence-electron chi connectivity index (χ1n) is 8.15. The Morgan fingerprint density at radius 2 is 2.08 bits per heavy atom. The number of benzene rings is 1. The average molecular weight is 355 g/mol. The van der Waals surface area contributed by atoms with Gasteiger partial charge in [0.25, 0.3) is 0 Å². The van der Waals surface area contributed by atoms with Gasteiger partial charge in [-0.2, -0.15) is 0 Å². The van der Waals surface area contributed by atoms with E-state index >= 15 is 0 Å². The maximum absolute atomic E-state index is 12.3. The molecule has 4 N–H and O–H groups in total. The van der Waals surface area contributed by atoms with Gasteiger partial charge in [0.15, 0.2) is 0 Å². The van der Waals surface area contributed by atoms with Gasteiger partial charge in [-0.3, -0.25) is 4.79 Å². The lowest BCUT2D eigenvalue weighted by molar-refractivity contribution is -0.120. The SMILES string of the molecule is CCCCC(CN)NC(=O)CNS(=O)(=O)c1ccc2c(c1)COC2. The van der Waals surface area contributed by atoms with Crippen LogP contribution in [0.2, 0.25) is 0 Å². The van der Waals surface area contributed by atoms with E-state index < -0.39 is 10.0 Å². The molecule has 1 unspecified atom stereocenters. The number of hydrogen-bond acceptors (Lipinski definition) is 5. The maximum atomic E-state index is 12.3. The third kappa shape index (κ3) is 5.01. The van der Waals surface area contributed by atoms with Crippen molar-refractivity contribution in [1.82, 2.24) is 10.0 Å². The summed E-state index contributed by atoms with van der Waals surface area (Å²) in [5.41, 5.74) is 7.48. The van der Waals surface area contributed by atoms with Gasteiger partial charge in [0.1, 0.15) is 0 Å². The molecule has 2 rings (SSSR count). The molecule has 8 heteroatoms. The molecule has 0 radical (unpaired) electrons. The van der Waals surface area contributed by atoms with Crippen molar-refractivity contribution in [2.45, 2.75) is 50.3 Å². The van der Waals surface area contributed by atoms with Crippen molar-refractivity contribution in [3.05, 3.63) is 29.3 Å². The van der Waals surface area contributed by atoms with Crippen LogP contribution in [0, 0.1) is 0 Å². The van der Waals surface area contributed by atoms with Crippen LogP contribution in [-0.4, -0.2) is 33.5 Å². The van der Waals surface area contributed by atoms with Crippen LogP contribution in [0.4, 0.5) is 0 Å². The van der Waals surface area contributed by atoms with Crippen molar-refractivity contribution in [2.24, 2.45) is 5.73 Å². The summed E-state index contributed by atoms with van der Waals surface area (Å²) in [5.74, 6) is -0.380. The number of carbonyl (C=O) groups is 1. The average Bonchev–Trinajstić information content (AvgIpc) is 3.04. The first kappa shape index (κ1) is 18.9. The second kappa shape index (κ2) is 8.57. The van der Waals surface area contributed by atoms with Gasteiger partial charge in [-0.05, 0) is 29.7 Å². The monoisotopic (exact) mass is 355 g/mol. The standard InChI is InChI=1S/C16H25N3O4S/c1-2-3-4-14(8-17)19-16(20)9-18-24(21,22)15-6-5-12-10-23-11-13(12)7-15/h5-7,14,18H,2-4,8-11,17H2,1H3,(H,19,20). The highest BCUT2D eigenvalue weighted by molar-refractivity contribution is 7.89. The van der Waals surface area contributed by atoms with Gasteiger partial charge in [0.2, 0.25) is 15.9 Å². The molecule has 0 spiro atoms. The normalized spacial score (nSPS) is 15.1. The molecule has 1 aromatic carbocycles. The molecule has 7 nitrogen and oxygen atoms in total. The summed E-state index contributed by atoms with van der Waals surface area (Å²) in [5, 5.41) is 2.76. The van der Waals surface area contributed by atoms with E-state index in [0.717, 1.165) is 30.4 Å². The minimum Gasteiger partial charge on any atom is -0.372 e. The van der Waals surface area contributed by atoms with Crippen molar-refractivity contribution < 1.29 is 17.9 Å². The van der Waals surface area contributed by atoms with E-state index in [2.05, 4.69) is 17.0 Å². The second-order valence-corrected chi connectivity index (χ2v) is 7.66. The zero-order valence-corrected chi connectivity index (χ0v) is 14.7. The Morgan fingerprint density at radius 1 is 1.33 bits per heavy atom. The Morgan fingerprint density at radius 3 is 2.79 bits per heavy atom. The van der Waals surface area contributed by atoms with Crippen LogP contribution in [0.3, 0.4) is 0 Å². The molecule has 0 saturated heterocycles. The molecule has 0 aromatic heterocycles. The van der Waals surface area contributed by atoms with Crippen molar-refractivity contribution in [1.29, 1.82) is 0 Å². The number of carbonyl (C=O) groups excluding carboxylic acids is 1. The molecule has 1 heterocycles. The van der Waals surface area contributed by atoms with Crippen molar-refractivity contribution in [3.8, 4) is 0 Å². The van der Waals surface area contributed by atoms with Gasteiger partial charge in [-0.15, -0.1) is 0 Å². The Bertz CT molecular complexity index is 676. The number of fused-ring (bicyclic) bond motifs is 1. The molecule has 1 aromatic rings. The Kier molecular flexibility index (Phi) is 6.73. The van der Waals surface area contributed by atoms with E-state index in [1.54, 1.807) is 12.1 Å². The molecule has 0 bridgehead atoms. The Labute approximate surface area is 143 Å². The smallest absolute Gasteiger partial charge is 0.241 e. The van der Waals surface area contributed by atoms with Gasteiger partial charge in [0.05, 0.1) is 24.7 Å².